The summed E-state index contributed by atoms with van der Waals surface area (Å²) in [7, 11) is 0. The maximum Gasteiger partial charge on any atom is 0.318 e. The van der Waals surface area contributed by atoms with E-state index in [1.54, 1.807) is 0 Å². The molecule has 3 nitrogen and oxygen atoms in total. The number of carbonyl (C=O) groups excluding carboxylic acids is 2. The topological polar surface area (TPSA) is 43.4 Å². The Morgan fingerprint density at radius 2 is 1.87 bits per heavy atom. The summed E-state index contributed by atoms with van der Waals surface area (Å²) in [5.74, 6) is -0.979. The third kappa shape index (κ3) is 0.724. The lowest BCUT2D eigenvalue weighted by Gasteiger charge is -2.36. The lowest BCUT2D eigenvalue weighted by molar-refractivity contribution is -0.156. The smallest absolute Gasteiger partial charge is 0.318 e. The minimum atomic E-state index is -0.326. The van der Waals surface area contributed by atoms with Gasteiger partial charge in [0.2, 0.25) is 0 Å². The van der Waals surface area contributed by atoms with Gasteiger partial charge in [-0.25, -0.2) is 0 Å². The molecule has 15 heavy (non-hydrogen) atoms. The molecule has 3 aliphatic rings. The van der Waals surface area contributed by atoms with Gasteiger partial charge in [-0.15, -0.1) is 0 Å². The molecule has 2 fully saturated rings. The van der Waals surface area contributed by atoms with Crippen molar-refractivity contribution in [2.24, 2.45) is 28.6 Å². The molecular weight excluding hydrogens is 192 g/mol. The van der Waals surface area contributed by atoms with Crippen molar-refractivity contribution in [1.29, 1.82) is 0 Å². The summed E-state index contributed by atoms with van der Waals surface area (Å²) in [5, 5.41) is 0. The first-order valence-corrected chi connectivity index (χ1v) is 5.34. The summed E-state index contributed by atoms with van der Waals surface area (Å²) >= 11 is 0. The highest BCUT2D eigenvalue weighted by atomic mass is 16.6. The zero-order chi connectivity index (χ0) is 11.0. The number of rotatable bonds is 0. The lowest BCUT2D eigenvalue weighted by atomic mass is 9.67. The highest BCUT2D eigenvalue weighted by Crippen LogP contribution is 2.68. The van der Waals surface area contributed by atoms with Gasteiger partial charge in [-0.2, -0.15) is 0 Å². The second kappa shape index (κ2) is 2.18. The zero-order valence-corrected chi connectivity index (χ0v) is 9.11. The van der Waals surface area contributed by atoms with Crippen LogP contribution in [0, 0.1) is 28.6 Å². The summed E-state index contributed by atoms with van der Waals surface area (Å²) in [6.07, 6.45) is 4.18. The SMILES string of the molecule is CC1(C)C2C=CC1(C)C1C(=O)OC(=O)C21. The van der Waals surface area contributed by atoms with E-state index in [0.717, 1.165) is 0 Å². The highest BCUT2D eigenvalue weighted by Gasteiger charge is 2.71. The van der Waals surface area contributed by atoms with Crippen LogP contribution in [0.25, 0.3) is 0 Å². The van der Waals surface area contributed by atoms with E-state index in [4.69, 9.17) is 4.74 Å². The largest absolute Gasteiger partial charge is 0.393 e. The summed E-state index contributed by atoms with van der Waals surface area (Å²) in [6, 6.07) is 0. The van der Waals surface area contributed by atoms with Crippen molar-refractivity contribution in [2.45, 2.75) is 20.8 Å². The molecule has 0 aromatic rings. The van der Waals surface area contributed by atoms with E-state index >= 15 is 0 Å². The molecule has 4 unspecified atom stereocenters. The molecule has 0 spiro atoms. The second-order valence-corrected chi connectivity index (χ2v) is 5.63. The van der Waals surface area contributed by atoms with Gasteiger partial charge in [-0.1, -0.05) is 32.9 Å². The number of hydrogen-bond acceptors (Lipinski definition) is 3. The number of carbonyl (C=O) groups is 2. The average molecular weight is 206 g/mol. The van der Waals surface area contributed by atoms with Crippen LogP contribution < -0.4 is 0 Å². The highest BCUT2D eigenvalue weighted by molar-refractivity contribution is 5.98. The van der Waals surface area contributed by atoms with E-state index in [1.165, 1.54) is 0 Å². The second-order valence-electron chi connectivity index (χ2n) is 5.63. The van der Waals surface area contributed by atoms with Crippen LogP contribution in [0.1, 0.15) is 20.8 Å². The van der Waals surface area contributed by atoms with Crippen LogP contribution in [-0.2, 0) is 14.3 Å². The molecule has 4 atom stereocenters. The Hall–Kier alpha value is -1.12. The van der Waals surface area contributed by atoms with E-state index < -0.39 is 0 Å². The number of fused-ring (bicyclic) bond motifs is 5. The van der Waals surface area contributed by atoms with Crippen LogP contribution in [0.2, 0.25) is 0 Å². The first kappa shape index (κ1) is 9.13. The summed E-state index contributed by atoms with van der Waals surface area (Å²) < 4.78 is 4.75. The van der Waals surface area contributed by atoms with Gasteiger partial charge in [-0.3, -0.25) is 9.59 Å². The summed E-state index contributed by atoms with van der Waals surface area (Å²) in [4.78, 5) is 23.3. The average Bonchev–Trinajstić information content (AvgIpc) is 2.59. The number of esters is 2. The Kier molecular flexibility index (Phi) is 1.33. The molecule has 2 bridgehead atoms. The predicted octanol–water partition coefficient (Wildman–Crippen LogP) is 1.53. The number of cyclic esters (lactones) is 2. The molecular formula is C12H14O3. The van der Waals surface area contributed by atoms with Crippen LogP contribution >= 0.6 is 0 Å². The molecule has 1 heterocycles. The van der Waals surface area contributed by atoms with Gasteiger partial charge in [0, 0.05) is 5.41 Å². The van der Waals surface area contributed by atoms with Gasteiger partial charge in [0.25, 0.3) is 0 Å². The lowest BCUT2D eigenvalue weighted by Crippen LogP contribution is -2.35. The number of allylic oxidation sites excluding steroid dienone is 2. The fourth-order valence-electron chi connectivity index (χ4n) is 3.68. The molecule has 3 heteroatoms. The third-order valence-corrected chi connectivity index (χ3v) is 4.99. The first-order chi connectivity index (χ1) is 6.89. The maximum absolute atomic E-state index is 11.7. The van der Waals surface area contributed by atoms with Crippen molar-refractivity contribution in [3.8, 4) is 0 Å². The van der Waals surface area contributed by atoms with Crippen LogP contribution in [0.15, 0.2) is 12.2 Å². The molecule has 1 saturated heterocycles. The minimum Gasteiger partial charge on any atom is -0.393 e. The fraction of sp³-hybridized carbons (Fsp3) is 0.667. The third-order valence-electron chi connectivity index (χ3n) is 4.99. The van der Waals surface area contributed by atoms with Crippen LogP contribution in [0.4, 0.5) is 0 Å². The predicted molar refractivity (Wildman–Crippen MR) is 52.6 cm³/mol. The number of hydrogen-bond donors (Lipinski definition) is 0. The van der Waals surface area contributed by atoms with Crippen LogP contribution in [-0.4, -0.2) is 11.9 Å². The van der Waals surface area contributed by atoms with Gasteiger partial charge in [0.15, 0.2) is 0 Å². The van der Waals surface area contributed by atoms with Crippen molar-refractivity contribution in [2.75, 3.05) is 0 Å². The molecule has 1 saturated carbocycles. The van der Waals surface area contributed by atoms with Crippen molar-refractivity contribution < 1.29 is 14.3 Å². The molecule has 1 aliphatic heterocycles. The van der Waals surface area contributed by atoms with Crippen LogP contribution in [0.3, 0.4) is 0 Å². The molecule has 0 amide bonds. The Bertz CT molecular complexity index is 407. The minimum absolute atomic E-state index is 0.0164. The Labute approximate surface area is 88.5 Å². The Morgan fingerprint density at radius 3 is 2.47 bits per heavy atom. The van der Waals surface area contributed by atoms with E-state index in [0.29, 0.717) is 0 Å². The van der Waals surface area contributed by atoms with Crippen molar-refractivity contribution in [3.05, 3.63) is 12.2 Å². The molecule has 0 aromatic heterocycles. The van der Waals surface area contributed by atoms with Crippen molar-refractivity contribution >= 4 is 11.9 Å². The van der Waals surface area contributed by atoms with E-state index in [2.05, 4.69) is 32.9 Å². The van der Waals surface area contributed by atoms with Gasteiger partial charge in [-0.05, 0) is 11.3 Å². The van der Waals surface area contributed by atoms with Crippen molar-refractivity contribution in [1.82, 2.24) is 0 Å². The molecule has 0 N–H and O–H groups in total. The van der Waals surface area contributed by atoms with Crippen LogP contribution in [0.5, 0.6) is 0 Å². The molecule has 0 aromatic carbocycles. The van der Waals surface area contributed by atoms with E-state index in [-0.39, 0.29) is 40.5 Å². The zero-order valence-electron chi connectivity index (χ0n) is 9.11. The fourth-order valence-corrected chi connectivity index (χ4v) is 3.68. The maximum atomic E-state index is 11.7. The van der Waals surface area contributed by atoms with Crippen molar-refractivity contribution in [3.63, 3.8) is 0 Å². The first-order valence-electron chi connectivity index (χ1n) is 5.34. The van der Waals surface area contributed by atoms with Gasteiger partial charge in [0.1, 0.15) is 0 Å². The normalized spacial score (nSPS) is 49.7. The van der Waals surface area contributed by atoms with Gasteiger partial charge < -0.3 is 4.74 Å². The van der Waals surface area contributed by atoms with Gasteiger partial charge in [0.05, 0.1) is 11.8 Å². The Morgan fingerprint density at radius 1 is 1.20 bits per heavy atom. The molecule has 80 valence electrons. The quantitative estimate of drug-likeness (QED) is 0.343. The molecule has 2 aliphatic carbocycles. The molecule has 0 radical (unpaired) electrons. The Balaban J connectivity index is 2.20. The monoisotopic (exact) mass is 206 g/mol. The summed E-state index contributed by atoms with van der Waals surface area (Å²) in [5.41, 5.74) is -0.233. The molecule has 3 rings (SSSR count). The van der Waals surface area contributed by atoms with Gasteiger partial charge >= 0.3 is 11.9 Å². The summed E-state index contributed by atoms with van der Waals surface area (Å²) in [6.45, 7) is 6.33. The van der Waals surface area contributed by atoms with E-state index in [1.807, 2.05) is 0 Å². The standard InChI is InChI=1S/C12H14O3/c1-11(2)6-4-5-12(11,3)8-7(6)9(13)15-10(8)14/h4-8H,1-3H3. The number of ether oxygens (including phenoxy) is 1. The van der Waals surface area contributed by atoms with E-state index in [9.17, 15) is 9.59 Å².